The molecule has 1 fully saturated rings. The van der Waals surface area contributed by atoms with E-state index < -0.39 is 0 Å². The number of rotatable bonds is 5. The topological polar surface area (TPSA) is 38.5 Å². The van der Waals surface area contributed by atoms with E-state index in [-0.39, 0.29) is 11.6 Å². The van der Waals surface area contributed by atoms with Crippen molar-refractivity contribution in [2.75, 3.05) is 21.2 Å². The lowest BCUT2D eigenvalue weighted by atomic mass is 9.74. The first-order valence-electron chi connectivity index (χ1n) is 7.75. The summed E-state index contributed by atoms with van der Waals surface area (Å²) in [7, 11) is 6.05. The van der Waals surface area contributed by atoms with Crippen molar-refractivity contribution in [2.24, 2.45) is 5.73 Å². The van der Waals surface area contributed by atoms with Gasteiger partial charge < -0.3 is 15.4 Å². The van der Waals surface area contributed by atoms with E-state index >= 15 is 0 Å². The molecule has 0 saturated heterocycles. The number of likely N-dealkylation sites (N-methyl/N-ethyl adjacent to an activating group) is 1. The minimum atomic E-state index is 0.126. The summed E-state index contributed by atoms with van der Waals surface area (Å²) in [5.74, 6) is 0.892. The lowest BCUT2D eigenvalue weighted by molar-refractivity contribution is 0.0715. The molecule has 118 valence electrons. The highest BCUT2D eigenvalue weighted by Crippen LogP contribution is 2.36. The van der Waals surface area contributed by atoms with Gasteiger partial charge in [-0.25, -0.2) is 0 Å². The summed E-state index contributed by atoms with van der Waals surface area (Å²) in [4.78, 5) is 2.35. The van der Waals surface area contributed by atoms with Gasteiger partial charge in [-0.3, -0.25) is 0 Å². The van der Waals surface area contributed by atoms with Crippen LogP contribution in [-0.2, 0) is 6.42 Å². The standard InChI is InChI=1S/C17H27BrN2O/c1-20(2)17(9-5-4-6-10-17)16(19)12-13-11-14(21-3)7-8-15(13)18/h7-8,11,16H,4-6,9-10,12,19H2,1-3H3. The van der Waals surface area contributed by atoms with E-state index in [1.165, 1.54) is 37.7 Å². The van der Waals surface area contributed by atoms with E-state index in [0.717, 1.165) is 16.6 Å². The van der Waals surface area contributed by atoms with Gasteiger partial charge in [0.05, 0.1) is 7.11 Å². The molecule has 0 radical (unpaired) electrons. The zero-order valence-corrected chi connectivity index (χ0v) is 14.9. The second-order valence-electron chi connectivity index (χ2n) is 6.33. The molecule has 1 saturated carbocycles. The molecule has 1 unspecified atom stereocenters. The molecule has 1 atom stereocenters. The molecule has 0 spiro atoms. The maximum absolute atomic E-state index is 6.67. The maximum atomic E-state index is 6.67. The van der Waals surface area contributed by atoms with Gasteiger partial charge in [0.25, 0.3) is 0 Å². The molecule has 0 bridgehead atoms. The van der Waals surface area contributed by atoms with Gasteiger partial charge in [0.15, 0.2) is 0 Å². The van der Waals surface area contributed by atoms with Crippen molar-refractivity contribution in [1.82, 2.24) is 4.90 Å². The average Bonchev–Trinajstić information content (AvgIpc) is 2.49. The Morgan fingerprint density at radius 1 is 1.29 bits per heavy atom. The molecule has 3 nitrogen and oxygen atoms in total. The van der Waals surface area contributed by atoms with Gasteiger partial charge in [-0.1, -0.05) is 35.2 Å². The minimum Gasteiger partial charge on any atom is -0.497 e. The van der Waals surface area contributed by atoms with Gasteiger partial charge >= 0.3 is 0 Å². The van der Waals surface area contributed by atoms with Crippen molar-refractivity contribution in [1.29, 1.82) is 0 Å². The number of nitrogens with two attached hydrogens (primary N) is 1. The Morgan fingerprint density at radius 3 is 2.52 bits per heavy atom. The quantitative estimate of drug-likeness (QED) is 0.877. The largest absolute Gasteiger partial charge is 0.497 e. The predicted molar refractivity (Wildman–Crippen MR) is 91.9 cm³/mol. The SMILES string of the molecule is COc1ccc(Br)c(CC(N)C2(N(C)C)CCCCC2)c1. The lowest BCUT2D eigenvalue weighted by Crippen LogP contribution is -2.59. The first-order valence-corrected chi connectivity index (χ1v) is 8.54. The maximum Gasteiger partial charge on any atom is 0.119 e. The highest BCUT2D eigenvalue weighted by Gasteiger charge is 2.39. The number of nitrogens with zero attached hydrogens (tertiary/aromatic N) is 1. The first-order chi connectivity index (χ1) is 9.99. The highest BCUT2D eigenvalue weighted by molar-refractivity contribution is 9.10. The number of benzene rings is 1. The summed E-state index contributed by atoms with van der Waals surface area (Å²) < 4.78 is 6.45. The molecule has 1 aromatic rings. The summed E-state index contributed by atoms with van der Waals surface area (Å²) >= 11 is 3.64. The molecule has 0 amide bonds. The van der Waals surface area contributed by atoms with Crippen molar-refractivity contribution in [3.63, 3.8) is 0 Å². The van der Waals surface area contributed by atoms with Crippen LogP contribution in [-0.4, -0.2) is 37.7 Å². The predicted octanol–water partition coefficient (Wildman–Crippen LogP) is 3.59. The Bertz CT molecular complexity index is 470. The molecule has 0 heterocycles. The summed E-state index contributed by atoms with van der Waals surface area (Å²) in [6, 6.07) is 6.25. The zero-order chi connectivity index (χ0) is 15.5. The molecule has 0 aromatic heterocycles. The van der Waals surface area contributed by atoms with E-state index in [9.17, 15) is 0 Å². The van der Waals surface area contributed by atoms with E-state index in [1.807, 2.05) is 12.1 Å². The summed E-state index contributed by atoms with van der Waals surface area (Å²) in [6.07, 6.45) is 7.17. The van der Waals surface area contributed by atoms with Crippen molar-refractivity contribution in [3.05, 3.63) is 28.2 Å². The fraction of sp³-hybridized carbons (Fsp3) is 0.647. The number of halogens is 1. The smallest absolute Gasteiger partial charge is 0.119 e. The Kier molecular flexibility index (Phi) is 5.69. The molecule has 1 aromatic carbocycles. The summed E-state index contributed by atoms with van der Waals surface area (Å²) in [6.45, 7) is 0. The molecular weight excluding hydrogens is 328 g/mol. The van der Waals surface area contributed by atoms with E-state index in [4.69, 9.17) is 10.5 Å². The molecule has 2 rings (SSSR count). The van der Waals surface area contributed by atoms with Crippen LogP contribution < -0.4 is 10.5 Å². The molecule has 1 aliphatic rings. The van der Waals surface area contributed by atoms with Crippen molar-refractivity contribution in [3.8, 4) is 5.75 Å². The van der Waals surface area contributed by atoms with Crippen LogP contribution in [0.3, 0.4) is 0 Å². The summed E-state index contributed by atoms with van der Waals surface area (Å²) in [5, 5.41) is 0. The highest BCUT2D eigenvalue weighted by atomic mass is 79.9. The third-order valence-corrected chi connectivity index (χ3v) is 5.77. The fourth-order valence-electron chi connectivity index (χ4n) is 3.58. The molecule has 4 heteroatoms. The zero-order valence-electron chi connectivity index (χ0n) is 13.4. The number of methoxy groups -OCH3 is 1. The second kappa shape index (κ2) is 7.12. The Hall–Kier alpha value is -0.580. The van der Waals surface area contributed by atoms with E-state index in [0.29, 0.717) is 0 Å². The third kappa shape index (κ3) is 3.61. The van der Waals surface area contributed by atoms with Crippen LogP contribution >= 0.6 is 15.9 Å². The second-order valence-corrected chi connectivity index (χ2v) is 7.18. The monoisotopic (exact) mass is 354 g/mol. The van der Waals surface area contributed by atoms with Crippen molar-refractivity contribution in [2.45, 2.75) is 50.1 Å². The third-order valence-electron chi connectivity index (χ3n) is 4.99. The Morgan fingerprint density at radius 2 is 1.95 bits per heavy atom. The molecule has 0 aliphatic heterocycles. The Labute approximate surface area is 137 Å². The van der Waals surface area contributed by atoms with Crippen LogP contribution in [0, 0.1) is 0 Å². The van der Waals surface area contributed by atoms with Crippen LogP contribution in [0.15, 0.2) is 22.7 Å². The van der Waals surface area contributed by atoms with E-state index in [1.54, 1.807) is 7.11 Å². The lowest BCUT2D eigenvalue weighted by Gasteiger charge is -2.47. The molecular formula is C17H27BrN2O. The fourth-order valence-corrected chi connectivity index (χ4v) is 3.98. The van der Waals surface area contributed by atoms with Gasteiger partial charge in [0, 0.05) is 16.1 Å². The number of hydrogen-bond donors (Lipinski definition) is 1. The van der Waals surface area contributed by atoms with E-state index in [2.05, 4.69) is 41.0 Å². The van der Waals surface area contributed by atoms with Crippen LogP contribution in [0.25, 0.3) is 0 Å². The first kappa shape index (κ1) is 16.8. The van der Waals surface area contributed by atoms with Crippen LogP contribution in [0.1, 0.15) is 37.7 Å². The summed E-state index contributed by atoms with van der Waals surface area (Å²) in [5.41, 5.74) is 8.03. The van der Waals surface area contributed by atoms with Crippen LogP contribution in [0.2, 0.25) is 0 Å². The molecule has 21 heavy (non-hydrogen) atoms. The average molecular weight is 355 g/mol. The number of ether oxygens (including phenoxy) is 1. The number of hydrogen-bond acceptors (Lipinski definition) is 3. The normalized spacial score (nSPS) is 19.5. The van der Waals surface area contributed by atoms with Gasteiger partial charge in [-0.05, 0) is 57.1 Å². The minimum absolute atomic E-state index is 0.126. The molecule has 1 aliphatic carbocycles. The van der Waals surface area contributed by atoms with Gasteiger partial charge in [-0.15, -0.1) is 0 Å². The van der Waals surface area contributed by atoms with Crippen molar-refractivity contribution < 1.29 is 4.74 Å². The van der Waals surface area contributed by atoms with Gasteiger partial charge in [0.1, 0.15) is 5.75 Å². The van der Waals surface area contributed by atoms with Crippen LogP contribution in [0.4, 0.5) is 0 Å². The van der Waals surface area contributed by atoms with Gasteiger partial charge in [-0.2, -0.15) is 0 Å². The Balaban J connectivity index is 2.20. The van der Waals surface area contributed by atoms with Crippen molar-refractivity contribution >= 4 is 15.9 Å². The van der Waals surface area contributed by atoms with Gasteiger partial charge in [0.2, 0.25) is 0 Å². The molecule has 2 N–H and O–H groups in total. The van der Waals surface area contributed by atoms with Crippen LogP contribution in [0.5, 0.6) is 5.75 Å².